The second-order valence-electron chi connectivity index (χ2n) is 6.82. The van der Waals surface area contributed by atoms with Gasteiger partial charge in [-0.05, 0) is 65.2 Å². The zero-order valence-corrected chi connectivity index (χ0v) is 13.1. The summed E-state index contributed by atoms with van der Waals surface area (Å²) in [5.74, 6) is -0.654. The first kappa shape index (κ1) is 15.8. The van der Waals surface area contributed by atoms with Crippen molar-refractivity contribution in [2.45, 2.75) is 58.4 Å². The van der Waals surface area contributed by atoms with Crippen molar-refractivity contribution in [2.24, 2.45) is 5.41 Å². The Labute approximate surface area is 123 Å². The summed E-state index contributed by atoms with van der Waals surface area (Å²) in [6, 6.07) is 0.740. The highest BCUT2D eigenvalue weighted by Crippen LogP contribution is 2.26. The fraction of sp³-hybridized carbons (Fsp3) is 0.938. The molecular formula is C16H30N2O2. The molecule has 2 heterocycles. The number of likely N-dealkylation sites (tertiary alicyclic amines) is 2. The fourth-order valence-electron chi connectivity index (χ4n) is 3.55. The van der Waals surface area contributed by atoms with E-state index >= 15 is 0 Å². The lowest BCUT2D eigenvalue weighted by Crippen LogP contribution is -2.49. The Hall–Kier alpha value is -0.610. The second kappa shape index (κ2) is 6.90. The molecule has 0 aromatic rings. The van der Waals surface area contributed by atoms with Crippen molar-refractivity contribution in [3.63, 3.8) is 0 Å². The molecular weight excluding hydrogens is 252 g/mol. The van der Waals surface area contributed by atoms with Crippen LogP contribution >= 0.6 is 0 Å². The van der Waals surface area contributed by atoms with Crippen LogP contribution in [-0.4, -0.2) is 59.6 Å². The molecule has 2 fully saturated rings. The summed E-state index contributed by atoms with van der Waals surface area (Å²) >= 11 is 0. The lowest BCUT2D eigenvalue weighted by Gasteiger charge is -2.42. The molecule has 20 heavy (non-hydrogen) atoms. The molecule has 1 atom stereocenters. The highest BCUT2D eigenvalue weighted by molar-refractivity contribution is 5.74. The zero-order valence-electron chi connectivity index (χ0n) is 13.1. The molecule has 116 valence electrons. The van der Waals surface area contributed by atoms with Crippen molar-refractivity contribution < 1.29 is 9.90 Å². The Kier molecular flexibility index (Phi) is 5.44. The molecule has 2 aliphatic rings. The number of hydrogen-bond acceptors (Lipinski definition) is 3. The maximum Gasteiger partial charge on any atom is 0.310 e. The molecule has 0 bridgehead atoms. The summed E-state index contributed by atoms with van der Waals surface area (Å²) in [5.41, 5.74) is -0.585. The minimum atomic E-state index is -0.654. The molecule has 0 radical (unpaired) electrons. The van der Waals surface area contributed by atoms with Crippen LogP contribution in [0.1, 0.15) is 52.4 Å². The molecule has 0 saturated carbocycles. The molecule has 0 aromatic heterocycles. The van der Waals surface area contributed by atoms with Gasteiger partial charge in [0.15, 0.2) is 0 Å². The summed E-state index contributed by atoms with van der Waals surface area (Å²) in [6.07, 6.45) is 7.22. The lowest BCUT2D eigenvalue weighted by atomic mass is 9.86. The van der Waals surface area contributed by atoms with Gasteiger partial charge in [0.25, 0.3) is 0 Å². The molecule has 2 rings (SSSR count). The molecule has 0 aliphatic carbocycles. The third-order valence-electron chi connectivity index (χ3n) is 5.33. The molecule has 2 saturated heterocycles. The van der Waals surface area contributed by atoms with E-state index in [0.29, 0.717) is 13.0 Å². The number of piperidine rings is 2. The van der Waals surface area contributed by atoms with E-state index in [2.05, 4.69) is 9.80 Å². The maximum absolute atomic E-state index is 11.4. The zero-order chi connectivity index (χ0) is 14.6. The molecule has 4 heteroatoms. The number of carbonyl (C=O) groups is 1. The van der Waals surface area contributed by atoms with Crippen molar-refractivity contribution in [2.75, 3.05) is 32.7 Å². The molecule has 4 nitrogen and oxygen atoms in total. The van der Waals surface area contributed by atoms with Crippen molar-refractivity contribution in [1.82, 2.24) is 9.80 Å². The average Bonchev–Trinajstić information content (AvgIpc) is 2.48. The van der Waals surface area contributed by atoms with E-state index in [1.807, 2.05) is 13.8 Å². The van der Waals surface area contributed by atoms with Gasteiger partial charge in [0.2, 0.25) is 0 Å². The Morgan fingerprint density at radius 2 is 1.75 bits per heavy atom. The molecule has 1 N–H and O–H groups in total. The molecule has 1 unspecified atom stereocenters. The summed E-state index contributed by atoms with van der Waals surface area (Å²) in [4.78, 5) is 16.4. The number of carboxylic acids is 1. The van der Waals surface area contributed by atoms with E-state index in [9.17, 15) is 9.90 Å². The Balaban J connectivity index is 1.80. The molecule has 0 spiro atoms. The second-order valence-corrected chi connectivity index (χ2v) is 6.82. The van der Waals surface area contributed by atoms with Crippen LogP contribution in [0.2, 0.25) is 0 Å². The average molecular weight is 282 g/mol. The highest BCUT2D eigenvalue weighted by Gasteiger charge is 2.35. The number of nitrogens with zero attached hydrogens (tertiary/aromatic N) is 2. The summed E-state index contributed by atoms with van der Waals surface area (Å²) in [5, 5.41) is 9.38. The first-order valence-corrected chi connectivity index (χ1v) is 8.25. The predicted molar refractivity (Wildman–Crippen MR) is 80.9 cm³/mol. The van der Waals surface area contributed by atoms with Gasteiger partial charge in [-0.2, -0.15) is 0 Å². The predicted octanol–water partition coefficient (Wildman–Crippen LogP) is 2.44. The fourth-order valence-corrected chi connectivity index (χ4v) is 3.55. The van der Waals surface area contributed by atoms with Gasteiger partial charge in [-0.25, -0.2) is 0 Å². The summed E-state index contributed by atoms with van der Waals surface area (Å²) in [7, 11) is 0. The van der Waals surface area contributed by atoms with Crippen LogP contribution in [0.25, 0.3) is 0 Å². The Bertz CT molecular complexity index is 320. The van der Waals surface area contributed by atoms with E-state index in [1.165, 1.54) is 45.2 Å². The van der Waals surface area contributed by atoms with E-state index in [1.54, 1.807) is 0 Å². The van der Waals surface area contributed by atoms with Crippen molar-refractivity contribution in [3.05, 3.63) is 0 Å². The quantitative estimate of drug-likeness (QED) is 0.841. The van der Waals surface area contributed by atoms with Gasteiger partial charge in [0, 0.05) is 12.6 Å². The summed E-state index contributed by atoms with van der Waals surface area (Å²) in [6.45, 7) is 9.22. The van der Waals surface area contributed by atoms with Crippen LogP contribution in [0.3, 0.4) is 0 Å². The molecule has 2 aliphatic heterocycles. The molecule has 0 amide bonds. The SMILES string of the molecule is CCC(C)(CN1CCC(N2CCCCC2)CC1)C(=O)O. The lowest BCUT2D eigenvalue weighted by molar-refractivity contribution is -0.149. The van der Waals surface area contributed by atoms with Gasteiger partial charge in [-0.1, -0.05) is 13.3 Å². The van der Waals surface area contributed by atoms with Crippen LogP contribution in [-0.2, 0) is 4.79 Å². The van der Waals surface area contributed by atoms with E-state index < -0.39 is 11.4 Å². The van der Waals surface area contributed by atoms with Crippen molar-refractivity contribution in [1.29, 1.82) is 0 Å². The topological polar surface area (TPSA) is 43.8 Å². The number of rotatable bonds is 5. The van der Waals surface area contributed by atoms with E-state index in [-0.39, 0.29) is 0 Å². The first-order chi connectivity index (χ1) is 9.55. The first-order valence-electron chi connectivity index (χ1n) is 8.25. The van der Waals surface area contributed by atoms with Gasteiger partial charge in [0.1, 0.15) is 0 Å². The number of hydrogen-bond donors (Lipinski definition) is 1. The Morgan fingerprint density at radius 3 is 2.25 bits per heavy atom. The van der Waals surface area contributed by atoms with Crippen LogP contribution in [0.15, 0.2) is 0 Å². The third kappa shape index (κ3) is 3.73. The smallest absolute Gasteiger partial charge is 0.310 e. The number of carboxylic acid groups (broad SMARTS) is 1. The normalized spacial score (nSPS) is 26.3. The largest absolute Gasteiger partial charge is 0.481 e. The standard InChI is InChI=1S/C16H30N2O2/c1-3-16(2,15(19)20)13-17-11-7-14(8-12-17)18-9-5-4-6-10-18/h14H,3-13H2,1-2H3,(H,19,20). The third-order valence-corrected chi connectivity index (χ3v) is 5.33. The van der Waals surface area contributed by atoms with Crippen LogP contribution in [0.4, 0.5) is 0 Å². The van der Waals surface area contributed by atoms with Gasteiger partial charge in [-0.15, -0.1) is 0 Å². The maximum atomic E-state index is 11.4. The van der Waals surface area contributed by atoms with Crippen LogP contribution < -0.4 is 0 Å². The summed E-state index contributed by atoms with van der Waals surface area (Å²) < 4.78 is 0. The minimum Gasteiger partial charge on any atom is -0.481 e. The van der Waals surface area contributed by atoms with Crippen LogP contribution in [0, 0.1) is 5.41 Å². The van der Waals surface area contributed by atoms with E-state index in [0.717, 1.165) is 19.1 Å². The van der Waals surface area contributed by atoms with Crippen LogP contribution in [0.5, 0.6) is 0 Å². The van der Waals surface area contributed by atoms with Gasteiger partial charge < -0.3 is 14.9 Å². The Morgan fingerprint density at radius 1 is 1.15 bits per heavy atom. The van der Waals surface area contributed by atoms with Gasteiger partial charge >= 0.3 is 5.97 Å². The monoisotopic (exact) mass is 282 g/mol. The van der Waals surface area contributed by atoms with Crippen molar-refractivity contribution >= 4 is 5.97 Å². The van der Waals surface area contributed by atoms with Gasteiger partial charge in [-0.3, -0.25) is 4.79 Å². The highest BCUT2D eigenvalue weighted by atomic mass is 16.4. The minimum absolute atomic E-state index is 0.585. The van der Waals surface area contributed by atoms with E-state index in [4.69, 9.17) is 0 Å². The molecule has 0 aromatic carbocycles. The van der Waals surface area contributed by atoms with Crippen molar-refractivity contribution in [3.8, 4) is 0 Å². The number of aliphatic carboxylic acids is 1. The van der Waals surface area contributed by atoms with Gasteiger partial charge in [0.05, 0.1) is 5.41 Å².